The monoisotopic (exact) mass is 1270 g/mol. The molecule has 0 radical (unpaired) electrons. The fourth-order valence-electron chi connectivity index (χ4n) is 11.2. The highest BCUT2D eigenvalue weighted by Gasteiger charge is 2.22. The summed E-state index contributed by atoms with van der Waals surface area (Å²) < 4.78 is 22.9. The minimum Gasteiger partial charge on any atom is -0.545 e. The van der Waals surface area contributed by atoms with Crippen LogP contribution in [0.1, 0.15) is 361 Å². The molecule has 528 valence electrons. The minimum absolute atomic E-state index is 0.148. The van der Waals surface area contributed by atoms with Crippen molar-refractivity contribution < 1.29 is 42.9 Å². The standard InChI is InChI=1S/C82H147NO8/c1-6-8-10-12-14-16-18-20-22-24-26-28-30-32-33-34-35-36-37-38-39-40-41-42-43-44-45-46-47-49-51-53-55-57-59-61-63-65-67-69-71-73-80(85)91-78(77-90-82(81(86)87)88-75-74-83(3,4)5)76-89-79(84)72-70-68-66-64-62-60-58-56-54-52-50-48-31-29-27-25-23-21-19-17-15-13-11-9-7-2/h8,10,14,16,20,22,25-28,32-33,35-36,78,82H,6-7,9,11-13,15,17-19,21,23-24,29-31,34,37-77H2,1-5H3/b10-8-,16-14-,22-20-,27-25-,28-26-,33-32-,36-35-. The van der Waals surface area contributed by atoms with Crippen LogP contribution in [0, 0.1) is 0 Å². The number of esters is 2. The predicted octanol–water partition coefficient (Wildman–Crippen LogP) is 23.3. The molecule has 9 heteroatoms. The number of hydrogen-bond donors (Lipinski definition) is 0. The first kappa shape index (κ1) is 87.5. The van der Waals surface area contributed by atoms with Gasteiger partial charge in [0.05, 0.1) is 40.3 Å². The normalized spacial score (nSPS) is 13.1. The van der Waals surface area contributed by atoms with Gasteiger partial charge in [0.2, 0.25) is 0 Å². The molecule has 0 heterocycles. The van der Waals surface area contributed by atoms with Crippen molar-refractivity contribution in [3.05, 3.63) is 85.1 Å². The summed E-state index contributed by atoms with van der Waals surface area (Å²) >= 11 is 0. The van der Waals surface area contributed by atoms with Crippen LogP contribution < -0.4 is 5.11 Å². The molecule has 0 aromatic carbocycles. The van der Waals surface area contributed by atoms with E-state index in [9.17, 15) is 19.5 Å². The predicted molar refractivity (Wildman–Crippen MR) is 389 cm³/mol. The molecule has 0 aliphatic rings. The van der Waals surface area contributed by atoms with Crippen LogP contribution in [-0.2, 0) is 33.3 Å². The van der Waals surface area contributed by atoms with Gasteiger partial charge in [-0.1, -0.05) is 343 Å². The van der Waals surface area contributed by atoms with Gasteiger partial charge in [-0.15, -0.1) is 0 Å². The second-order valence-electron chi connectivity index (χ2n) is 27.3. The highest BCUT2D eigenvalue weighted by Crippen LogP contribution is 2.19. The largest absolute Gasteiger partial charge is 0.545 e. The maximum absolute atomic E-state index is 13.0. The van der Waals surface area contributed by atoms with Crippen LogP contribution in [0.2, 0.25) is 0 Å². The van der Waals surface area contributed by atoms with E-state index in [0.29, 0.717) is 23.9 Å². The molecule has 0 aromatic rings. The Hall–Kier alpha value is -3.53. The Morgan fingerprint density at radius 3 is 0.945 bits per heavy atom. The fourth-order valence-corrected chi connectivity index (χ4v) is 11.2. The summed E-state index contributed by atoms with van der Waals surface area (Å²) in [5.74, 6) is -2.26. The molecular formula is C82H147NO8. The summed E-state index contributed by atoms with van der Waals surface area (Å²) in [5.41, 5.74) is 0. The molecular weight excluding hydrogens is 1130 g/mol. The summed E-state index contributed by atoms with van der Waals surface area (Å²) in [6, 6.07) is 0. The molecule has 9 nitrogen and oxygen atoms in total. The van der Waals surface area contributed by atoms with Crippen molar-refractivity contribution in [2.45, 2.75) is 373 Å². The van der Waals surface area contributed by atoms with Gasteiger partial charge in [-0.2, -0.15) is 0 Å². The second kappa shape index (κ2) is 72.3. The quantitative estimate of drug-likeness (QED) is 0.0195. The van der Waals surface area contributed by atoms with E-state index in [1.807, 2.05) is 21.1 Å². The van der Waals surface area contributed by atoms with Gasteiger partial charge in [0.1, 0.15) is 13.2 Å². The number of quaternary nitrogens is 1. The zero-order valence-corrected chi connectivity index (χ0v) is 60.5. The molecule has 0 rings (SSSR count). The Morgan fingerprint density at radius 2 is 0.626 bits per heavy atom. The number of carboxylic acid groups (broad SMARTS) is 1. The van der Waals surface area contributed by atoms with Gasteiger partial charge in [-0.05, 0) is 89.9 Å². The maximum atomic E-state index is 13.0. The van der Waals surface area contributed by atoms with Crippen LogP contribution in [-0.4, -0.2) is 82.3 Å². The van der Waals surface area contributed by atoms with Gasteiger partial charge >= 0.3 is 11.9 Å². The summed E-state index contributed by atoms with van der Waals surface area (Å²) in [6.45, 7) is 4.69. The van der Waals surface area contributed by atoms with Gasteiger partial charge in [0.25, 0.3) is 0 Å². The molecule has 0 saturated carbocycles. The van der Waals surface area contributed by atoms with Gasteiger partial charge in [-0.3, -0.25) is 9.59 Å². The van der Waals surface area contributed by atoms with Gasteiger partial charge < -0.3 is 33.3 Å². The summed E-state index contributed by atoms with van der Waals surface area (Å²) in [6.07, 6.45) is 95.5. The molecule has 0 bridgehead atoms. The number of allylic oxidation sites excluding steroid dienone is 14. The lowest BCUT2D eigenvalue weighted by Gasteiger charge is -2.26. The number of hydrogen-bond acceptors (Lipinski definition) is 8. The third kappa shape index (κ3) is 73.7. The lowest BCUT2D eigenvalue weighted by atomic mass is 10.0. The third-order valence-electron chi connectivity index (χ3n) is 17.1. The summed E-state index contributed by atoms with van der Waals surface area (Å²) in [7, 11) is 5.94. The molecule has 2 atom stereocenters. The van der Waals surface area contributed by atoms with E-state index in [1.54, 1.807) is 0 Å². The molecule has 0 aromatic heterocycles. The van der Waals surface area contributed by atoms with Crippen molar-refractivity contribution in [1.29, 1.82) is 0 Å². The smallest absolute Gasteiger partial charge is 0.306 e. The molecule has 0 N–H and O–H groups in total. The van der Waals surface area contributed by atoms with E-state index in [0.717, 1.165) is 70.6 Å². The van der Waals surface area contributed by atoms with Crippen LogP contribution in [0.4, 0.5) is 0 Å². The van der Waals surface area contributed by atoms with Crippen molar-refractivity contribution in [3.63, 3.8) is 0 Å². The van der Waals surface area contributed by atoms with Crippen LogP contribution in [0.25, 0.3) is 0 Å². The molecule has 0 amide bonds. The Kier molecular flexibility index (Phi) is 69.5. The van der Waals surface area contributed by atoms with Crippen LogP contribution in [0.3, 0.4) is 0 Å². The van der Waals surface area contributed by atoms with E-state index in [2.05, 4.69) is 98.9 Å². The van der Waals surface area contributed by atoms with Crippen LogP contribution in [0.5, 0.6) is 0 Å². The topological polar surface area (TPSA) is 111 Å². The molecule has 2 unspecified atom stereocenters. The Morgan fingerprint density at radius 1 is 0.341 bits per heavy atom. The van der Waals surface area contributed by atoms with E-state index < -0.39 is 24.3 Å². The lowest BCUT2D eigenvalue weighted by Crippen LogP contribution is -2.44. The maximum Gasteiger partial charge on any atom is 0.306 e. The molecule has 0 fully saturated rings. The summed E-state index contributed by atoms with van der Waals surface area (Å²) in [5, 5.41) is 11.8. The van der Waals surface area contributed by atoms with Crippen LogP contribution >= 0.6 is 0 Å². The first-order valence-corrected chi connectivity index (χ1v) is 38.7. The first-order chi connectivity index (χ1) is 44.6. The molecule has 0 saturated heterocycles. The lowest BCUT2D eigenvalue weighted by molar-refractivity contribution is -0.870. The van der Waals surface area contributed by atoms with Crippen molar-refractivity contribution in [1.82, 2.24) is 0 Å². The zero-order chi connectivity index (χ0) is 66.1. The highest BCUT2D eigenvalue weighted by atomic mass is 16.7. The van der Waals surface area contributed by atoms with E-state index in [1.165, 1.54) is 257 Å². The Bertz CT molecular complexity index is 1770. The number of aliphatic carboxylic acids is 1. The molecule has 91 heavy (non-hydrogen) atoms. The Balaban J connectivity index is 3.98. The first-order valence-electron chi connectivity index (χ1n) is 38.7. The van der Waals surface area contributed by atoms with E-state index in [4.69, 9.17) is 18.9 Å². The molecule has 0 aliphatic carbocycles. The van der Waals surface area contributed by atoms with Crippen molar-refractivity contribution in [3.8, 4) is 0 Å². The van der Waals surface area contributed by atoms with E-state index >= 15 is 0 Å². The SMILES string of the molecule is CC/C=C\C/C=C\C/C=C\C/C=C\C/C=C\C/C=C\CCCCCCCCCCCCCCCCCCCCCCCCC(=O)OC(COC(=O)CCCCCCCCCCCCCCC/C=C\CCCCCCCCCC)COC(OCC[N+](C)(C)C)C(=O)[O-]. The zero-order valence-electron chi connectivity index (χ0n) is 60.5. The van der Waals surface area contributed by atoms with Crippen molar-refractivity contribution >= 4 is 17.9 Å². The average molecular weight is 1280 g/mol. The van der Waals surface area contributed by atoms with Gasteiger partial charge in [-0.25, -0.2) is 0 Å². The average Bonchev–Trinajstić information content (AvgIpc) is 3.53. The van der Waals surface area contributed by atoms with E-state index in [-0.39, 0.29) is 32.2 Å². The second-order valence-corrected chi connectivity index (χ2v) is 27.3. The number of carbonyl (C=O) groups excluding carboxylic acids is 3. The third-order valence-corrected chi connectivity index (χ3v) is 17.1. The highest BCUT2D eigenvalue weighted by molar-refractivity contribution is 5.70. The number of carboxylic acids is 1. The Labute approximate surface area is 563 Å². The molecule has 0 aliphatic heterocycles. The van der Waals surface area contributed by atoms with Crippen molar-refractivity contribution in [2.75, 3.05) is 47.5 Å². The van der Waals surface area contributed by atoms with Crippen molar-refractivity contribution in [2.24, 2.45) is 0 Å². The minimum atomic E-state index is -1.62. The van der Waals surface area contributed by atoms with Crippen LogP contribution in [0.15, 0.2) is 85.1 Å². The fraction of sp³-hybridized carbons (Fsp3) is 0.793. The number of unbranched alkanes of at least 4 members (excludes halogenated alkanes) is 43. The number of rotatable bonds is 72. The van der Waals surface area contributed by atoms with Gasteiger partial charge in [0, 0.05) is 12.8 Å². The molecule has 0 spiro atoms. The summed E-state index contributed by atoms with van der Waals surface area (Å²) in [4.78, 5) is 37.6. The van der Waals surface area contributed by atoms with Gasteiger partial charge in [0.15, 0.2) is 12.4 Å². The number of ether oxygens (including phenoxy) is 4. The number of likely N-dealkylation sites (N-methyl/N-ethyl adjacent to an activating group) is 1. The number of nitrogens with zero attached hydrogens (tertiary/aromatic N) is 1. The number of carbonyl (C=O) groups is 3.